The molecule has 0 amide bonds. The number of esters is 1. The molecule has 0 saturated carbocycles. The third-order valence-corrected chi connectivity index (χ3v) is 2.95. The Hall–Kier alpha value is -1.64. The van der Waals surface area contributed by atoms with E-state index in [1.807, 2.05) is 0 Å². The zero-order valence-corrected chi connectivity index (χ0v) is 10.6. The number of ether oxygens (including phenoxy) is 1. The second kappa shape index (κ2) is 5.80. The maximum Gasteiger partial charge on any atom is 0.311 e. The molecule has 6 nitrogen and oxygen atoms in total. The highest BCUT2D eigenvalue weighted by Crippen LogP contribution is 2.36. The minimum absolute atomic E-state index is 0.0391. The summed E-state index contributed by atoms with van der Waals surface area (Å²) < 4.78 is 29.7. The number of hydrogen-bond donors (Lipinski definition) is 0. The number of aromatic nitrogens is 1. The van der Waals surface area contributed by atoms with Gasteiger partial charge in [-0.3, -0.25) is 19.9 Å². The number of carbonyl (C=O) groups is 1. The predicted molar refractivity (Wildman–Crippen MR) is 59.3 cm³/mol. The largest absolute Gasteiger partial charge is 0.469 e. The quantitative estimate of drug-likeness (QED) is 0.482. The van der Waals surface area contributed by atoms with Gasteiger partial charge in [-0.25, -0.2) is 8.78 Å². The molecule has 0 aliphatic heterocycles. The molecule has 98 valence electrons. The van der Waals surface area contributed by atoms with Crippen LogP contribution in [0.15, 0.2) is 10.7 Å². The highest BCUT2D eigenvalue weighted by atomic mass is 79.9. The Labute approximate surface area is 108 Å². The van der Waals surface area contributed by atoms with E-state index < -0.39 is 28.6 Å². The fourth-order valence-electron chi connectivity index (χ4n) is 1.22. The zero-order valence-electron chi connectivity index (χ0n) is 9.02. The van der Waals surface area contributed by atoms with Crippen LogP contribution < -0.4 is 0 Å². The van der Waals surface area contributed by atoms with Crippen LogP contribution in [-0.4, -0.2) is 23.0 Å². The maximum absolute atomic E-state index is 12.8. The van der Waals surface area contributed by atoms with Crippen LogP contribution in [-0.2, 0) is 16.0 Å². The molecule has 1 aromatic heterocycles. The van der Waals surface area contributed by atoms with Gasteiger partial charge in [0.05, 0.1) is 28.6 Å². The Kier molecular flexibility index (Phi) is 4.65. The van der Waals surface area contributed by atoms with E-state index in [9.17, 15) is 23.7 Å². The monoisotopic (exact) mass is 324 g/mol. The van der Waals surface area contributed by atoms with Crippen LogP contribution in [0, 0.1) is 10.1 Å². The van der Waals surface area contributed by atoms with Crippen molar-refractivity contribution >= 4 is 27.6 Å². The van der Waals surface area contributed by atoms with Gasteiger partial charge < -0.3 is 4.74 Å². The Morgan fingerprint density at radius 2 is 2.28 bits per heavy atom. The van der Waals surface area contributed by atoms with Gasteiger partial charge in [-0.15, -0.1) is 0 Å². The number of hydrogen-bond acceptors (Lipinski definition) is 5. The summed E-state index contributed by atoms with van der Waals surface area (Å²) in [5.41, 5.74) is -1.64. The number of nitro groups is 1. The Morgan fingerprint density at radius 3 is 2.72 bits per heavy atom. The van der Waals surface area contributed by atoms with E-state index in [0.717, 1.165) is 7.11 Å². The third kappa shape index (κ3) is 2.97. The molecular formula is C9H7BrF2N2O4. The van der Waals surface area contributed by atoms with E-state index in [-0.39, 0.29) is 16.6 Å². The molecule has 0 N–H and O–H groups in total. The van der Waals surface area contributed by atoms with Crippen LogP contribution in [0.25, 0.3) is 0 Å². The second-order valence-corrected chi connectivity index (χ2v) is 3.92. The number of carbonyl (C=O) groups excluding carboxylic acids is 1. The second-order valence-electron chi connectivity index (χ2n) is 3.13. The highest BCUT2D eigenvalue weighted by Gasteiger charge is 2.28. The van der Waals surface area contributed by atoms with Crippen molar-refractivity contribution in [2.24, 2.45) is 0 Å². The molecule has 0 fully saturated rings. The Morgan fingerprint density at radius 1 is 1.67 bits per heavy atom. The average Bonchev–Trinajstić information content (AvgIpc) is 2.30. The summed E-state index contributed by atoms with van der Waals surface area (Å²) >= 11 is 2.80. The minimum atomic E-state index is -3.06. The van der Waals surface area contributed by atoms with Gasteiger partial charge in [0.25, 0.3) is 12.1 Å². The van der Waals surface area contributed by atoms with Crippen molar-refractivity contribution in [3.05, 3.63) is 32.0 Å². The first kappa shape index (κ1) is 14.4. The number of rotatable bonds is 4. The summed E-state index contributed by atoms with van der Waals surface area (Å²) in [6.07, 6.45) is -2.71. The smallest absolute Gasteiger partial charge is 0.311 e. The molecule has 0 spiro atoms. The van der Waals surface area contributed by atoms with Crippen LogP contribution in [0.1, 0.15) is 17.7 Å². The van der Waals surface area contributed by atoms with Crippen LogP contribution in [0.4, 0.5) is 14.5 Å². The number of pyridine rings is 1. The van der Waals surface area contributed by atoms with Crippen LogP contribution in [0.3, 0.4) is 0 Å². The first-order valence-corrected chi connectivity index (χ1v) is 5.34. The van der Waals surface area contributed by atoms with Crippen molar-refractivity contribution in [1.82, 2.24) is 4.98 Å². The summed E-state index contributed by atoms with van der Waals surface area (Å²) in [5.74, 6) is -0.683. The summed E-state index contributed by atoms with van der Waals surface area (Å²) in [4.78, 5) is 24.3. The summed E-state index contributed by atoms with van der Waals surface area (Å²) in [7, 11) is 1.13. The molecule has 0 radical (unpaired) electrons. The van der Waals surface area contributed by atoms with Crippen LogP contribution >= 0.6 is 15.9 Å². The molecule has 1 heterocycles. The van der Waals surface area contributed by atoms with Crippen molar-refractivity contribution < 1.29 is 23.2 Å². The molecule has 1 rings (SSSR count). The molecule has 0 bridgehead atoms. The predicted octanol–water partition coefficient (Wildman–Crippen LogP) is 2.41. The summed E-state index contributed by atoms with van der Waals surface area (Å²) in [6, 6.07) is 0. The van der Waals surface area contributed by atoms with Gasteiger partial charge in [0, 0.05) is 0 Å². The van der Waals surface area contributed by atoms with Gasteiger partial charge in [0.2, 0.25) is 0 Å². The van der Waals surface area contributed by atoms with Crippen molar-refractivity contribution in [1.29, 1.82) is 0 Å². The number of methoxy groups -OCH3 is 1. The molecule has 9 heteroatoms. The molecule has 0 aliphatic carbocycles. The van der Waals surface area contributed by atoms with Gasteiger partial charge in [-0.2, -0.15) is 0 Å². The van der Waals surface area contributed by atoms with Crippen molar-refractivity contribution in [2.45, 2.75) is 12.8 Å². The third-order valence-electron chi connectivity index (χ3n) is 2.06. The Balaban J connectivity index is 3.30. The van der Waals surface area contributed by atoms with Gasteiger partial charge in [-0.05, 0) is 15.9 Å². The molecule has 0 aromatic carbocycles. The molecular weight excluding hydrogens is 318 g/mol. The van der Waals surface area contributed by atoms with Gasteiger partial charge >= 0.3 is 5.97 Å². The molecule has 0 atom stereocenters. The van der Waals surface area contributed by atoms with Crippen molar-refractivity contribution in [2.75, 3.05) is 7.11 Å². The van der Waals surface area contributed by atoms with Gasteiger partial charge in [-0.1, -0.05) is 0 Å². The van der Waals surface area contributed by atoms with Crippen LogP contribution in [0.2, 0.25) is 0 Å². The lowest BCUT2D eigenvalue weighted by atomic mass is 10.1. The van der Waals surface area contributed by atoms with E-state index in [2.05, 4.69) is 25.7 Å². The van der Waals surface area contributed by atoms with Crippen molar-refractivity contribution in [3.8, 4) is 0 Å². The van der Waals surface area contributed by atoms with E-state index in [1.165, 1.54) is 0 Å². The number of nitrogens with zero attached hydrogens (tertiary/aromatic N) is 2. The van der Waals surface area contributed by atoms with Gasteiger partial charge in [0.1, 0.15) is 11.8 Å². The number of halogens is 3. The molecule has 18 heavy (non-hydrogen) atoms. The lowest BCUT2D eigenvalue weighted by molar-refractivity contribution is -0.386. The SMILES string of the molecule is COC(=O)Cc1ncc([N+](=O)[O-])c(C(F)F)c1Br. The summed E-state index contributed by atoms with van der Waals surface area (Å²) in [6.45, 7) is 0. The molecule has 0 saturated heterocycles. The Bertz CT molecular complexity index is 496. The standard InChI is InChI=1S/C9H7BrF2N2O4/c1-18-6(15)2-4-8(10)7(9(11)12)5(3-13-4)14(16)17/h3,9H,2H2,1H3. The maximum atomic E-state index is 12.8. The minimum Gasteiger partial charge on any atom is -0.469 e. The zero-order chi connectivity index (χ0) is 13.9. The van der Waals surface area contributed by atoms with E-state index in [1.54, 1.807) is 0 Å². The van der Waals surface area contributed by atoms with E-state index in [4.69, 9.17) is 0 Å². The van der Waals surface area contributed by atoms with Gasteiger partial charge in [0.15, 0.2) is 0 Å². The first-order valence-electron chi connectivity index (χ1n) is 4.55. The fraction of sp³-hybridized carbons (Fsp3) is 0.333. The lowest BCUT2D eigenvalue weighted by Crippen LogP contribution is -2.09. The fourth-order valence-corrected chi connectivity index (χ4v) is 1.84. The van der Waals surface area contributed by atoms with E-state index >= 15 is 0 Å². The molecule has 0 unspecified atom stereocenters. The number of alkyl halides is 2. The van der Waals surface area contributed by atoms with E-state index in [0.29, 0.717) is 6.20 Å². The lowest BCUT2D eigenvalue weighted by Gasteiger charge is -2.08. The highest BCUT2D eigenvalue weighted by molar-refractivity contribution is 9.10. The average molecular weight is 325 g/mol. The van der Waals surface area contributed by atoms with Crippen molar-refractivity contribution in [3.63, 3.8) is 0 Å². The molecule has 0 aliphatic rings. The van der Waals surface area contributed by atoms with Crippen LogP contribution in [0.5, 0.6) is 0 Å². The summed E-state index contributed by atoms with van der Waals surface area (Å²) in [5, 5.41) is 10.6. The first-order chi connectivity index (χ1) is 8.38. The topological polar surface area (TPSA) is 82.3 Å². The molecule has 1 aromatic rings. The normalized spacial score (nSPS) is 10.5.